The fourth-order valence-corrected chi connectivity index (χ4v) is 4.06. The van der Waals surface area contributed by atoms with Gasteiger partial charge in [0.25, 0.3) is 0 Å². The number of hydrogen-bond acceptors (Lipinski definition) is 5. The Labute approximate surface area is 185 Å². The van der Waals surface area contributed by atoms with Crippen molar-refractivity contribution in [3.63, 3.8) is 0 Å². The lowest BCUT2D eigenvalue weighted by atomic mass is 9.76. The minimum Gasteiger partial charge on any atom is -0.465 e. The van der Waals surface area contributed by atoms with Crippen molar-refractivity contribution >= 4 is 23.5 Å². The lowest BCUT2D eigenvalue weighted by molar-refractivity contribution is -0.137. The second-order valence-electron chi connectivity index (χ2n) is 7.46. The number of ether oxygens (including phenoxy) is 1. The summed E-state index contributed by atoms with van der Waals surface area (Å²) in [7, 11) is 1.27. The van der Waals surface area contributed by atoms with E-state index in [0.717, 1.165) is 11.1 Å². The predicted molar refractivity (Wildman–Crippen MR) is 120 cm³/mol. The summed E-state index contributed by atoms with van der Waals surface area (Å²) in [5, 5.41) is 2.77. The Kier molecular flexibility index (Phi) is 6.28. The summed E-state index contributed by atoms with van der Waals surface area (Å²) in [6.45, 7) is 0. The summed E-state index contributed by atoms with van der Waals surface area (Å²) in [4.78, 5) is 38.5. The summed E-state index contributed by atoms with van der Waals surface area (Å²) < 4.78 is 4.81. The van der Waals surface area contributed by atoms with E-state index in [0.29, 0.717) is 5.69 Å². The molecule has 2 amide bonds. The summed E-state index contributed by atoms with van der Waals surface area (Å²) >= 11 is 0. The third kappa shape index (κ3) is 4.24. The zero-order valence-electron chi connectivity index (χ0n) is 17.4. The molecule has 3 N–H and O–H groups in total. The van der Waals surface area contributed by atoms with E-state index in [1.807, 2.05) is 60.7 Å². The number of amides is 2. The number of esters is 1. The van der Waals surface area contributed by atoms with Gasteiger partial charge in [0.1, 0.15) is 5.92 Å². The highest BCUT2D eigenvalue weighted by Gasteiger charge is 2.44. The first-order valence-electron chi connectivity index (χ1n) is 10.2. The van der Waals surface area contributed by atoms with Crippen LogP contribution in [0.15, 0.2) is 84.9 Å². The number of anilines is 1. The highest BCUT2D eigenvalue weighted by atomic mass is 16.5. The van der Waals surface area contributed by atoms with Gasteiger partial charge in [0, 0.05) is 5.92 Å². The Hall–Kier alpha value is -3.97. The number of rotatable bonds is 5. The molecular formula is C25H23N3O4. The Morgan fingerprint density at radius 2 is 1.44 bits per heavy atom. The minimum atomic E-state index is -1.03. The van der Waals surface area contributed by atoms with E-state index >= 15 is 0 Å². The SMILES string of the molecule is COC(=O)c1ccccc1NC(=O)C1C(=O)NNC(c2ccccc2)C1c1ccccc1. The van der Waals surface area contributed by atoms with Gasteiger partial charge in [-0.2, -0.15) is 0 Å². The van der Waals surface area contributed by atoms with Crippen LogP contribution in [-0.2, 0) is 14.3 Å². The van der Waals surface area contributed by atoms with Crippen LogP contribution >= 0.6 is 0 Å². The smallest absolute Gasteiger partial charge is 0.339 e. The fraction of sp³-hybridized carbons (Fsp3) is 0.160. The monoisotopic (exact) mass is 429 g/mol. The van der Waals surface area contributed by atoms with Gasteiger partial charge >= 0.3 is 5.97 Å². The van der Waals surface area contributed by atoms with Crippen LogP contribution in [0.25, 0.3) is 0 Å². The van der Waals surface area contributed by atoms with Gasteiger partial charge in [0.05, 0.1) is 24.4 Å². The third-order valence-electron chi connectivity index (χ3n) is 5.57. The van der Waals surface area contributed by atoms with Gasteiger partial charge in [0.15, 0.2) is 0 Å². The molecule has 7 heteroatoms. The number of benzene rings is 3. The van der Waals surface area contributed by atoms with Gasteiger partial charge in [-0.25, -0.2) is 10.2 Å². The summed E-state index contributed by atoms with van der Waals surface area (Å²) in [5.41, 5.74) is 8.02. The fourth-order valence-electron chi connectivity index (χ4n) is 4.06. The summed E-state index contributed by atoms with van der Waals surface area (Å²) in [6.07, 6.45) is 0. The second kappa shape index (κ2) is 9.45. The molecule has 4 rings (SSSR count). The zero-order chi connectivity index (χ0) is 22.5. The maximum atomic E-state index is 13.4. The molecule has 3 atom stereocenters. The van der Waals surface area contributed by atoms with E-state index in [-0.39, 0.29) is 11.6 Å². The van der Waals surface area contributed by atoms with Gasteiger partial charge < -0.3 is 10.1 Å². The summed E-state index contributed by atoms with van der Waals surface area (Å²) in [5.74, 6) is -3.03. The van der Waals surface area contributed by atoms with Crippen molar-refractivity contribution < 1.29 is 19.1 Å². The van der Waals surface area contributed by atoms with Crippen molar-refractivity contribution in [2.24, 2.45) is 5.92 Å². The lowest BCUT2D eigenvalue weighted by Gasteiger charge is -2.38. The molecular weight excluding hydrogens is 406 g/mol. The van der Waals surface area contributed by atoms with E-state index in [2.05, 4.69) is 16.2 Å². The van der Waals surface area contributed by atoms with E-state index in [1.54, 1.807) is 24.3 Å². The van der Waals surface area contributed by atoms with Gasteiger partial charge in [-0.05, 0) is 23.3 Å². The van der Waals surface area contributed by atoms with Crippen LogP contribution in [0, 0.1) is 5.92 Å². The molecule has 0 saturated carbocycles. The van der Waals surface area contributed by atoms with Gasteiger partial charge in [-0.3, -0.25) is 15.0 Å². The number of hydrazine groups is 1. The van der Waals surface area contributed by atoms with E-state index in [1.165, 1.54) is 7.11 Å². The number of nitrogens with one attached hydrogen (secondary N) is 3. The Bertz CT molecular complexity index is 1120. The van der Waals surface area contributed by atoms with Crippen LogP contribution in [0.3, 0.4) is 0 Å². The first kappa shape index (κ1) is 21.3. The Morgan fingerprint density at radius 1 is 0.844 bits per heavy atom. The van der Waals surface area contributed by atoms with Crippen molar-refractivity contribution in [1.82, 2.24) is 10.9 Å². The molecule has 1 saturated heterocycles. The van der Waals surface area contributed by atoms with Crippen molar-refractivity contribution in [3.8, 4) is 0 Å². The van der Waals surface area contributed by atoms with Crippen LogP contribution in [-0.4, -0.2) is 24.9 Å². The van der Waals surface area contributed by atoms with Gasteiger partial charge in [0.2, 0.25) is 11.8 Å². The lowest BCUT2D eigenvalue weighted by Crippen LogP contribution is -2.56. The molecule has 0 radical (unpaired) electrons. The summed E-state index contributed by atoms with van der Waals surface area (Å²) in [6, 6.07) is 25.3. The molecule has 162 valence electrons. The number of methoxy groups -OCH3 is 1. The molecule has 32 heavy (non-hydrogen) atoms. The van der Waals surface area contributed by atoms with Gasteiger partial charge in [-0.15, -0.1) is 0 Å². The maximum absolute atomic E-state index is 13.4. The third-order valence-corrected chi connectivity index (χ3v) is 5.57. The molecule has 1 fully saturated rings. The van der Waals surface area contributed by atoms with Crippen LogP contribution in [0.4, 0.5) is 5.69 Å². The number of carbonyl (C=O) groups excluding carboxylic acids is 3. The van der Waals surface area contributed by atoms with E-state index in [9.17, 15) is 14.4 Å². The van der Waals surface area contributed by atoms with Crippen LogP contribution in [0.2, 0.25) is 0 Å². The van der Waals surface area contributed by atoms with Crippen LogP contribution in [0.5, 0.6) is 0 Å². The largest absolute Gasteiger partial charge is 0.465 e. The molecule has 0 aromatic heterocycles. The molecule has 1 aliphatic rings. The quantitative estimate of drug-likeness (QED) is 0.428. The number of para-hydroxylation sites is 1. The van der Waals surface area contributed by atoms with E-state index in [4.69, 9.17) is 4.74 Å². The van der Waals surface area contributed by atoms with Crippen molar-refractivity contribution in [2.45, 2.75) is 12.0 Å². The second-order valence-corrected chi connectivity index (χ2v) is 7.46. The molecule has 0 spiro atoms. The Morgan fingerprint density at radius 3 is 2.09 bits per heavy atom. The molecule has 3 aromatic rings. The molecule has 3 unspecified atom stereocenters. The number of carbonyl (C=O) groups is 3. The highest BCUT2D eigenvalue weighted by molar-refractivity contribution is 6.10. The Balaban J connectivity index is 1.73. The maximum Gasteiger partial charge on any atom is 0.339 e. The molecule has 1 aliphatic heterocycles. The van der Waals surface area contributed by atoms with Crippen molar-refractivity contribution in [2.75, 3.05) is 12.4 Å². The van der Waals surface area contributed by atoms with Crippen molar-refractivity contribution in [3.05, 3.63) is 102 Å². The molecule has 0 bridgehead atoms. The highest BCUT2D eigenvalue weighted by Crippen LogP contribution is 2.39. The minimum absolute atomic E-state index is 0.216. The first-order chi connectivity index (χ1) is 15.6. The van der Waals surface area contributed by atoms with Gasteiger partial charge in [-0.1, -0.05) is 72.8 Å². The first-order valence-corrected chi connectivity index (χ1v) is 10.2. The normalized spacial score (nSPS) is 20.2. The van der Waals surface area contributed by atoms with Crippen molar-refractivity contribution in [1.29, 1.82) is 0 Å². The van der Waals surface area contributed by atoms with E-state index < -0.39 is 29.6 Å². The molecule has 0 aliphatic carbocycles. The topological polar surface area (TPSA) is 96.5 Å². The predicted octanol–water partition coefficient (Wildman–Crippen LogP) is 3.19. The average Bonchev–Trinajstić information content (AvgIpc) is 2.84. The molecule has 1 heterocycles. The number of hydrogen-bond donors (Lipinski definition) is 3. The standard InChI is InChI=1S/C25H23N3O4/c1-32-25(31)18-14-8-9-15-19(18)26-23(29)21-20(16-10-4-2-5-11-16)22(27-28-24(21)30)17-12-6-3-7-13-17/h2-15,20-22,27H,1H3,(H,26,29)(H,28,30). The molecule has 3 aromatic carbocycles. The zero-order valence-corrected chi connectivity index (χ0v) is 17.4. The van der Waals surface area contributed by atoms with Crippen LogP contribution in [0.1, 0.15) is 33.4 Å². The average molecular weight is 429 g/mol. The van der Waals surface area contributed by atoms with Crippen LogP contribution < -0.4 is 16.2 Å². The molecule has 7 nitrogen and oxygen atoms in total.